The summed E-state index contributed by atoms with van der Waals surface area (Å²) >= 11 is 0. The SMILES string of the molecule is c1cncc(CNCc2ccc(CNCc3cccnc3)cc2)c1. The second-order valence-electron chi connectivity index (χ2n) is 5.75. The highest BCUT2D eigenvalue weighted by atomic mass is 14.9. The summed E-state index contributed by atoms with van der Waals surface area (Å²) in [6.07, 6.45) is 7.38. The number of hydrogen-bond acceptors (Lipinski definition) is 4. The van der Waals surface area contributed by atoms with Crippen molar-refractivity contribution in [3.05, 3.63) is 95.6 Å². The number of pyridine rings is 2. The molecule has 0 unspecified atom stereocenters. The average Bonchev–Trinajstić information content (AvgIpc) is 2.65. The monoisotopic (exact) mass is 318 g/mol. The molecule has 0 aliphatic carbocycles. The van der Waals surface area contributed by atoms with E-state index in [1.165, 1.54) is 22.3 Å². The van der Waals surface area contributed by atoms with Crippen LogP contribution in [0.25, 0.3) is 0 Å². The largest absolute Gasteiger partial charge is 0.309 e. The minimum atomic E-state index is 0.836. The second kappa shape index (κ2) is 8.91. The third kappa shape index (κ3) is 5.26. The standard InChI is InChI=1S/C20H22N4/c1-3-19(13-21-9-1)15-23-11-17-5-7-18(8-6-17)12-24-16-20-4-2-10-22-14-20/h1-10,13-14,23-24H,11-12,15-16H2. The Morgan fingerprint density at radius 1 is 0.542 bits per heavy atom. The van der Waals surface area contributed by atoms with Gasteiger partial charge in [0.2, 0.25) is 0 Å². The van der Waals surface area contributed by atoms with Crippen molar-refractivity contribution in [3.63, 3.8) is 0 Å². The van der Waals surface area contributed by atoms with Crippen LogP contribution in [0.1, 0.15) is 22.3 Å². The van der Waals surface area contributed by atoms with Gasteiger partial charge in [0.15, 0.2) is 0 Å². The van der Waals surface area contributed by atoms with Gasteiger partial charge in [-0.3, -0.25) is 9.97 Å². The van der Waals surface area contributed by atoms with Crippen LogP contribution in [0, 0.1) is 0 Å². The van der Waals surface area contributed by atoms with E-state index < -0.39 is 0 Å². The fourth-order valence-corrected chi connectivity index (χ4v) is 2.48. The minimum absolute atomic E-state index is 0.836. The van der Waals surface area contributed by atoms with Gasteiger partial charge in [0.25, 0.3) is 0 Å². The second-order valence-corrected chi connectivity index (χ2v) is 5.75. The lowest BCUT2D eigenvalue weighted by Crippen LogP contribution is -2.14. The van der Waals surface area contributed by atoms with Gasteiger partial charge in [-0.1, -0.05) is 36.4 Å². The topological polar surface area (TPSA) is 49.8 Å². The molecule has 3 aromatic rings. The molecule has 0 spiro atoms. The van der Waals surface area contributed by atoms with Crippen LogP contribution in [0.4, 0.5) is 0 Å². The van der Waals surface area contributed by atoms with Crippen molar-refractivity contribution in [2.24, 2.45) is 0 Å². The maximum atomic E-state index is 4.12. The summed E-state index contributed by atoms with van der Waals surface area (Å²) in [7, 11) is 0. The van der Waals surface area contributed by atoms with Crippen LogP contribution in [0.2, 0.25) is 0 Å². The predicted octanol–water partition coefficient (Wildman–Crippen LogP) is 3.06. The van der Waals surface area contributed by atoms with Gasteiger partial charge in [0.05, 0.1) is 0 Å². The van der Waals surface area contributed by atoms with Crippen molar-refractivity contribution >= 4 is 0 Å². The van der Waals surface area contributed by atoms with Crippen molar-refractivity contribution in [3.8, 4) is 0 Å². The lowest BCUT2D eigenvalue weighted by Gasteiger charge is -2.07. The summed E-state index contributed by atoms with van der Waals surface area (Å²) in [6.45, 7) is 3.39. The third-order valence-electron chi connectivity index (χ3n) is 3.79. The Morgan fingerprint density at radius 2 is 0.958 bits per heavy atom. The maximum absolute atomic E-state index is 4.12. The molecule has 0 radical (unpaired) electrons. The van der Waals surface area contributed by atoms with Gasteiger partial charge in [0.1, 0.15) is 0 Å². The molecule has 0 amide bonds. The van der Waals surface area contributed by atoms with E-state index in [4.69, 9.17) is 0 Å². The zero-order valence-corrected chi connectivity index (χ0v) is 13.7. The fraction of sp³-hybridized carbons (Fsp3) is 0.200. The Kier molecular flexibility index (Phi) is 6.05. The van der Waals surface area contributed by atoms with Crippen molar-refractivity contribution in [2.75, 3.05) is 0 Å². The van der Waals surface area contributed by atoms with Gasteiger partial charge in [-0.15, -0.1) is 0 Å². The van der Waals surface area contributed by atoms with E-state index in [0.717, 1.165) is 26.2 Å². The molecule has 2 N–H and O–H groups in total. The molecule has 1 aromatic carbocycles. The number of rotatable bonds is 8. The molecule has 4 nitrogen and oxygen atoms in total. The molecule has 2 aromatic heterocycles. The third-order valence-corrected chi connectivity index (χ3v) is 3.79. The van der Waals surface area contributed by atoms with Crippen LogP contribution in [0.3, 0.4) is 0 Å². The molecule has 0 aliphatic heterocycles. The number of hydrogen-bond donors (Lipinski definition) is 2. The predicted molar refractivity (Wildman–Crippen MR) is 96.0 cm³/mol. The Hall–Kier alpha value is -2.56. The van der Waals surface area contributed by atoms with E-state index in [0.29, 0.717) is 0 Å². The van der Waals surface area contributed by atoms with Gasteiger partial charge >= 0.3 is 0 Å². The van der Waals surface area contributed by atoms with E-state index in [1.807, 2.05) is 24.5 Å². The van der Waals surface area contributed by atoms with Crippen LogP contribution in [0.5, 0.6) is 0 Å². The van der Waals surface area contributed by atoms with E-state index in [2.05, 4.69) is 57.0 Å². The summed E-state index contributed by atoms with van der Waals surface area (Å²) in [5, 5.41) is 6.88. The van der Waals surface area contributed by atoms with Crippen LogP contribution in [-0.4, -0.2) is 9.97 Å². The number of benzene rings is 1. The molecule has 0 atom stereocenters. The molecule has 122 valence electrons. The number of nitrogens with zero attached hydrogens (tertiary/aromatic N) is 2. The molecule has 24 heavy (non-hydrogen) atoms. The Bertz CT molecular complexity index is 647. The Labute approximate surface area is 143 Å². The van der Waals surface area contributed by atoms with Crippen LogP contribution < -0.4 is 10.6 Å². The summed E-state index contributed by atoms with van der Waals surface area (Å²) in [6, 6.07) is 16.8. The maximum Gasteiger partial charge on any atom is 0.0312 e. The smallest absolute Gasteiger partial charge is 0.0312 e. The molecule has 0 bridgehead atoms. The lowest BCUT2D eigenvalue weighted by molar-refractivity contribution is 0.684. The van der Waals surface area contributed by atoms with Crippen molar-refractivity contribution < 1.29 is 0 Å². The zero-order valence-electron chi connectivity index (χ0n) is 13.7. The van der Waals surface area contributed by atoms with Gasteiger partial charge in [-0.05, 0) is 34.4 Å². The van der Waals surface area contributed by atoms with E-state index in [-0.39, 0.29) is 0 Å². The first-order chi connectivity index (χ1) is 11.9. The average molecular weight is 318 g/mol. The Balaban J connectivity index is 1.40. The highest BCUT2D eigenvalue weighted by Crippen LogP contribution is 2.05. The molecular formula is C20H22N4. The molecule has 4 heteroatoms. The summed E-state index contributed by atoms with van der Waals surface area (Å²) in [5.74, 6) is 0. The summed E-state index contributed by atoms with van der Waals surface area (Å²) in [5.41, 5.74) is 4.98. The molecule has 0 aliphatic rings. The molecule has 0 saturated carbocycles. The molecular weight excluding hydrogens is 296 g/mol. The number of nitrogens with one attached hydrogen (secondary N) is 2. The minimum Gasteiger partial charge on any atom is -0.309 e. The van der Waals surface area contributed by atoms with Gasteiger partial charge in [-0.25, -0.2) is 0 Å². The first-order valence-electron chi connectivity index (χ1n) is 8.17. The van der Waals surface area contributed by atoms with Crippen LogP contribution in [-0.2, 0) is 26.2 Å². The number of aromatic nitrogens is 2. The van der Waals surface area contributed by atoms with Crippen molar-refractivity contribution in [1.29, 1.82) is 0 Å². The Morgan fingerprint density at radius 3 is 1.33 bits per heavy atom. The highest BCUT2D eigenvalue weighted by Gasteiger charge is 1.97. The van der Waals surface area contributed by atoms with E-state index in [1.54, 1.807) is 12.4 Å². The zero-order chi connectivity index (χ0) is 16.5. The first-order valence-corrected chi connectivity index (χ1v) is 8.17. The molecule has 0 saturated heterocycles. The van der Waals surface area contributed by atoms with Gasteiger partial charge in [0, 0.05) is 51.0 Å². The van der Waals surface area contributed by atoms with Gasteiger partial charge in [-0.2, -0.15) is 0 Å². The van der Waals surface area contributed by atoms with Crippen LogP contribution >= 0.6 is 0 Å². The normalized spacial score (nSPS) is 10.7. The van der Waals surface area contributed by atoms with Crippen molar-refractivity contribution in [2.45, 2.75) is 26.2 Å². The molecule has 2 heterocycles. The molecule has 0 fully saturated rings. The fourth-order valence-electron chi connectivity index (χ4n) is 2.48. The van der Waals surface area contributed by atoms with Crippen LogP contribution in [0.15, 0.2) is 73.3 Å². The first kappa shape index (κ1) is 16.3. The van der Waals surface area contributed by atoms with E-state index in [9.17, 15) is 0 Å². The molecule has 3 rings (SSSR count). The quantitative estimate of drug-likeness (QED) is 0.670. The highest BCUT2D eigenvalue weighted by molar-refractivity contribution is 5.22. The van der Waals surface area contributed by atoms with E-state index >= 15 is 0 Å². The summed E-state index contributed by atoms with van der Waals surface area (Å²) < 4.78 is 0. The lowest BCUT2D eigenvalue weighted by atomic mass is 10.1. The summed E-state index contributed by atoms with van der Waals surface area (Å²) in [4.78, 5) is 8.24. The van der Waals surface area contributed by atoms with Crippen molar-refractivity contribution in [1.82, 2.24) is 20.6 Å². The van der Waals surface area contributed by atoms with Gasteiger partial charge < -0.3 is 10.6 Å².